The van der Waals surface area contributed by atoms with Gasteiger partial charge in [-0.15, -0.1) is 0 Å². The van der Waals surface area contributed by atoms with Gasteiger partial charge >= 0.3 is 23.9 Å². The lowest BCUT2D eigenvalue weighted by molar-refractivity contribution is -0.360. The van der Waals surface area contributed by atoms with Gasteiger partial charge in [0.25, 0.3) is 0 Å². The van der Waals surface area contributed by atoms with Crippen molar-refractivity contribution in [1.82, 2.24) is 0 Å². The van der Waals surface area contributed by atoms with E-state index in [0.29, 0.717) is 0 Å². The van der Waals surface area contributed by atoms with E-state index < -0.39 is 39.8 Å². The lowest BCUT2D eigenvalue weighted by Crippen LogP contribution is -2.63. The molecule has 23 heavy (non-hydrogen) atoms. The fraction of sp³-hybridized carbons (Fsp3) is 0.364. The molecule has 0 radical (unpaired) electrons. The van der Waals surface area contributed by atoms with Crippen molar-refractivity contribution in [2.24, 2.45) is 0 Å². The molecule has 0 aliphatic carbocycles. The van der Waals surface area contributed by atoms with Gasteiger partial charge in [-0.05, 0) is 0 Å². The quantitative estimate of drug-likeness (QED) is 0.236. The topological polar surface area (TPSA) is 83.5 Å². The number of carbonyl (C=O) groups is 1. The second-order valence-electron chi connectivity index (χ2n) is 3.93. The lowest BCUT2D eigenvalue weighted by atomic mass is 10.1. The van der Waals surface area contributed by atoms with Gasteiger partial charge in [-0.2, -0.15) is 26.3 Å². The van der Waals surface area contributed by atoms with Crippen LogP contribution >= 0.6 is 0 Å². The monoisotopic (exact) mass is 367 g/mol. The summed E-state index contributed by atoms with van der Waals surface area (Å²) in [4.78, 5) is 11.1. The van der Waals surface area contributed by atoms with Crippen LogP contribution in [0.25, 0.3) is 0 Å². The van der Waals surface area contributed by atoms with Crippen LogP contribution in [0.4, 0.5) is 26.3 Å². The van der Waals surface area contributed by atoms with E-state index in [1.165, 1.54) is 12.2 Å². The van der Waals surface area contributed by atoms with E-state index in [1.807, 2.05) is 0 Å². The van der Waals surface area contributed by atoms with Crippen molar-refractivity contribution in [2.45, 2.75) is 18.0 Å². The summed E-state index contributed by atoms with van der Waals surface area (Å²) in [6.45, 7) is 3.21. The molecule has 0 aliphatic rings. The van der Waals surface area contributed by atoms with Gasteiger partial charge in [0, 0.05) is 6.08 Å². The van der Waals surface area contributed by atoms with E-state index in [9.17, 15) is 44.1 Å². The van der Waals surface area contributed by atoms with Crippen molar-refractivity contribution in [3.63, 3.8) is 0 Å². The van der Waals surface area contributed by atoms with E-state index in [1.54, 1.807) is 0 Å². The Morgan fingerprint density at radius 3 is 1.87 bits per heavy atom. The Morgan fingerprint density at radius 1 is 1.04 bits per heavy atom. The number of alkyl halides is 6. The summed E-state index contributed by atoms with van der Waals surface area (Å²) in [6, 6.07) is 0. The summed E-state index contributed by atoms with van der Waals surface area (Å²) < 4.78 is 111. The Labute approximate surface area is 126 Å². The SMILES string of the molecule is C=C/C=C/C=C/C(=O)OC(CS(=O)(=O)[O-])(C(F)(F)F)C(F)(F)F. The molecular formula is C11H9F6O5S-. The van der Waals surface area contributed by atoms with E-state index >= 15 is 0 Å². The van der Waals surface area contributed by atoms with Crippen molar-refractivity contribution in [3.05, 3.63) is 37.0 Å². The molecule has 0 aliphatic heterocycles. The molecule has 0 rings (SSSR count). The minimum Gasteiger partial charge on any atom is -0.748 e. The number of ether oxygens (including phenoxy) is 1. The number of hydrogen-bond acceptors (Lipinski definition) is 5. The fourth-order valence-electron chi connectivity index (χ4n) is 1.20. The van der Waals surface area contributed by atoms with Gasteiger partial charge in [0.15, 0.2) is 0 Å². The van der Waals surface area contributed by atoms with Crippen LogP contribution in [-0.4, -0.2) is 42.6 Å². The lowest BCUT2D eigenvalue weighted by Gasteiger charge is -2.36. The van der Waals surface area contributed by atoms with E-state index in [2.05, 4.69) is 11.3 Å². The molecule has 0 heterocycles. The van der Waals surface area contributed by atoms with E-state index in [4.69, 9.17) is 0 Å². The number of hydrogen-bond donors (Lipinski definition) is 0. The Balaban J connectivity index is 5.86. The molecule has 0 aromatic carbocycles. The van der Waals surface area contributed by atoms with Gasteiger partial charge in [-0.3, -0.25) is 0 Å². The van der Waals surface area contributed by atoms with Gasteiger partial charge < -0.3 is 9.29 Å². The highest BCUT2D eigenvalue weighted by molar-refractivity contribution is 7.85. The van der Waals surface area contributed by atoms with Crippen molar-refractivity contribution < 1.29 is 48.8 Å². The summed E-state index contributed by atoms with van der Waals surface area (Å²) in [6.07, 6.45) is -8.45. The highest BCUT2D eigenvalue weighted by atomic mass is 32.2. The molecule has 0 aromatic rings. The molecular weight excluding hydrogens is 358 g/mol. The highest BCUT2D eigenvalue weighted by Gasteiger charge is 2.75. The Hall–Kier alpha value is -1.82. The summed E-state index contributed by atoms with van der Waals surface area (Å²) in [5, 5.41) is 0. The third-order valence-electron chi connectivity index (χ3n) is 2.16. The molecule has 0 N–H and O–H groups in total. The number of halogens is 6. The number of rotatable bonds is 6. The average molecular weight is 367 g/mol. The molecule has 132 valence electrons. The van der Waals surface area contributed by atoms with Crippen molar-refractivity contribution in [1.29, 1.82) is 0 Å². The fourth-order valence-corrected chi connectivity index (χ4v) is 2.09. The Bertz CT molecular complexity index is 585. The Morgan fingerprint density at radius 2 is 1.52 bits per heavy atom. The molecule has 12 heteroatoms. The molecule has 0 saturated heterocycles. The van der Waals surface area contributed by atoms with Gasteiger partial charge in [0.2, 0.25) is 0 Å². The summed E-state index contributed by atoms with van der Waals surface area (Å²) in [5.74, 6) is -5.17. The van der Waals surface area contributed by atoms with Crippen LogP contribution in [0, 0.1) is 0 Å². The molecule has 0 spiro atoms. The molecule has 0 aromatic heterocycles. The predicted molar refractivity (Wildman–Crippen MR) is 64.0 cm³/mol. The molecule has 5 nitrogen and oxygen atoms in total. The van der Waals surface area contributed by atoms with Crippen LogP contribution in [0.15, 0.2) is 37.0 Å². The van der Waals surface area contributed by atoms with Crippen LogP contribution in [-0.2, 0) is 19.6 Å². The third-order valence-corrected chi connectivity index (χ3v) is 2.92. The standard InChI is InChI=1S/C11H10F6O5S/c1-2-3-4-5-6-8(18)22-9(10(12,13)14,11(15,16)17)7-23(19,20)21/h2-6H,1,7H2,(H,19,20,21)/p-1/b4-3+,6-5+. The van der Waals surface area contributed by atoms with Crippen LogP contribution in [0.5, 0.6) is 0 Å². The second-order valence-corrected chi connectivity index (χ2v) is 5.33. The van der Waals surface area contributed by atoms with Gasteiger partial charge in [-0.1, -0.05) is 30.9 Å². The van der Waals surface area contributed by atoms with Crippen LogP contribution in [0.1, 0.15) is 0 Å². The first-order valence-corrected chi connectivity index (χ1v) is 7.00. The molecule has 0 amide bonds. The van der Waals surface area contributed by atoms with Gasteiger partial charge in [0.05, 0.1) is 15.9 Å². The zero-order valence-electron chi connectivity index (χ0n) is 11.0. The van der Waals surface area contributed by atoms with Crippen LogP contribution < -0.4 is 0 Å². The van der Waals surface area contributed by atoms with Crippen molar-refractivity contribution in [2.75, 3.05) is 5.75 Å². The molecule has 0 unspecified atom stereocenters. The minimum atomic E-state index is -6.39. The maximum Gasteiger partial charge on any atom is 0.438 e. The first-order valence-electron chi connectivity index (χ1n) is 5.42. The maximum atomic E-state index is 12.8. The van der Waals surface area contributed by atoms with Crippen molar-refractivity contribution >= 4 is 16.1 Å². The number of carbonyl (C=O) groups excluding carboxylic acids is 1. The first kappa shape index (κ1) is 21.2. The number of esters is 1. The third kappa shape index (κ3) is 6.06. The van der Waals surface area contributed by atoms with Crippen molar-refractivity contribution in [3.8, 4) is 0 Å². The molecule has 0 saturated carbocycles. The van der Waals surface area contributed by atoms with Crippen LogP contribution in [0.2, 0.25) is 0 Å². The summed E-state index contributed by atoms with van der Waals surface area (Å²) in [5.41, 5.74) is -5.47. The molecule has 0 atom stereocenters. The van der Waals surface area contributed by atoms with E-state index in [-0.39, 0.29) is 6.08 Å². The van der Waals surface area contributed by atoms with Crippen LogP contribution in [0.3, 0.4) is 0 Å². The first-order chi connectivity index (χ1) is 10.2. The smallest absolute Gasteiger partial charge is 0.438 e. The summed E-state index contributed by atoms with van der Waals surface area (Å²) >= 11 is 0. The average Bonchev–Trinajstić information content (AvgIpc) is 2.29. The Kier molecular flexibility index (Phi) is 6.60. The predicted octanol–water partition coefficient (Wildman–Crippen LogP) is 2.24. The molecule has 0 fully saturated rings. The normalized spacial score (nSPS) is 14.4. The number of allylic oxidation sites excluding steroid dienone is 4. The largest absolute Gasteiger partial charge is 0.748 e. The second kappa shape index (κ2) is 7.17. The zero-order valence-corrected chi connectivity index (χ0v) is 11.8. The zero-order chi connectivity index (χ0) is 18.5. The molecule has 0 bridgehead atoms. The minimum absolute atomic E-state index is 0.184. The van der Waals surface area contributed by atoms with Gasteiger partial charge in [0.1, 0.15) is 0 Å². The maximum absolute atomic E-state index is 12.8. The van der Waals surface area contributed by atoms with Gasteiger partial charge in [-0.25, -0.2) is 13.2 Å². The highest BCUT2D eigenvalue weighted by Crippen LogP contribution is 2.46. The van der Waals surface area contributed by atoms with E-state index in [0.717, 1.165) is 12.2 Å². The summed E-state index contributed by atoms with van der Waals surface area (Å²) in [7, 11) is -6.04.